The molecule has 7 heteroatoms. The van der Waals surface area contributed by atoms with Gasteiger partial charge in [0.25, 0.3) is 5.56 Å². The molecule has 31 heavy (non-hydrogen) atoms. The van der Waals surface area contributed by atoms with E-state index in [9.17, 15) is 9.90 Å². The zero-order valence-electron chi connectivity index (χ0n) is 17.2. The van der Waals surface area contributed by atoms with Crippen LogP contribution in [0, 0.1) is 6.92 Å². The van der Waals surface area contributed by atoms with E-state index in [0.717, 1.165) is 11.1 Å². The summed E-state index contributed by atoms with van der Waals surface area (Å²) in [7, 11) is 0. The van der Waals surface area contributed by atoms with Gasteiger partial charge >= 0.3 is 0 Å². The molecule has 0 aliphatic heterocycles. The molecule has 0 spiro atoms. The summed E-state index contributed by atoms with van der Waals surface area (Å²) in [6, 6.07) is 21.0. The summed E-state index contributed by atoms with van der Waals surface area (Å²) in [6.07, 6.45) is 3.75. The van der Waals surface area contributed by atoms with Crippen molar-refractivity contribution in [2.45, 2.75) is 25.7 Å². The van der Waals surface area contributed by atoms with E-state index in [2.05, 4.69) is 10.1 Å². The molecular formula is C24H24N4O3. The zero-order chi connectivity index (χ0) is 21.6. The Bertz CT molecular complexity index is 1160. The summed E-state index contributed by atoms with van der Waals surface area (Å²) < 4.78 is 9.06. The minimum absolute atomic E-state index is 0.0246. The maximum atomic E-state index is 12.2. The molecule has 0 radical (unpaired) electrons. The number of hydrogen-bond donors (Lipinski definition) is 1. The summed E-state index contributed by atoms with van der Waals surface area (Å²) in [5, 5.41) is 14.9. The van der Waals surface area contributed by atoms with Crippen LogP contribution in [0.1, 0.15) is 22.8 Å². The number of aromatic nitrogens is 4. The zero-order valence-corrected chi connectivity index (χ0v) is 17.2. The smallest absolute Gasteiger partial charge is 0.266 e. The van der Waals surface area contributed by atoms with E-state index in [4.69, 9.17) is 4.74 Å². The lowest BCUT2D eigenvalue weighted by molar-refractivity contribution is -0.00246. The average Bonchev–Trinajstić information content (AvgIpc) is 3.32. The van der Waals surface area contributed by atoms with Crippen LogP contribution in [0.4, 0.5) is 0 Å². The Morgan fingerprint density at radius 2 is 1.74 bits per heavy atom. The molecule has 1 N–H and O–H groups in total. The maximum absolute atomic E-state index is 12.2. The molecule has 158 valence electrons. The minimum atomic E-state index is -0.903. The van der Waals surface area contributed by atoms with Gasteiger partial charge in [-0.25, -0.2) is 9.67 Å². The molecule has 0 aliphatic rings. The molecule has 2 aromatic carbocycles. The SMILES string of the molecule is Cc1ccc([C@H](OC[C@@H](O)Cn2nc(-n3ccnc3)ccc2=O)c2ccccc2)cc1. The van der Waals surface area contributed by atoms with E-state index in [0.29, 0.717) is 5.82 Å². The van der Waals surface area contributed by atoms with Crippen molar-refractivity contribution in [3.8, 4) is 5.82 Å². The molecule has 4 aromatic rings. The van der Waals surface area contributed by atoms with E-state index in [1.54, 1.807) is 29.4 Å². The maximum Gasteiger partial charge on any atom is 0.266 e. The van der Waals surface area contributed by atoms with Gasteiger partial charge in [-0.3, -0.25) is 9.36 Å². The molecular weight excluding hydrogens is 392 g/mol. The van der Waals surface area contributed by atoms with Crippen LogP contribution in [-0.2, 0) is 11.3 Å². The van der Waals surface area contributed by atoms with Gasteiger partial charge < -0.3 is 9.84 Å². The number of imidazole rings is 1. The Hall–Kier alpha value is -3.55. The van der Waals surface area contributed by atoms with Crippen molar-refractivity contribution in [3.05, 3.63) is 112 Å². The average molecular weight is 416 g/mol. The van der Waals surface area contributed by atoms with Gasteiger partial charge in [-0.05, 0) is 24.1 Å². The topological polar surface area (TPSA) is 82.2 Å². The molecule has 7 nitrogen and oxygen atoms in total. The van der Waals surface area contributed by atoms with Crippen molar-refractivity contribution in [2.24, 2.45) is 0 Å². The summed E-state index contributed by atoms with van der Waals surface area (Å²) in [4.78, 5) is 16.2. The number of hydrogen-bond acceptors (Lipinski definition) is 5. The van der Waals surface area contributed by atoms with Crippen LogP contribution in [0.5, 0.6) is 0 Å². The Morgan fingerprint density at radius 1 is 1.00 bits per heavy atom. The summed E-state index contributed by atoms with van der Waals surface area (Å²) >= 11 is 0. The lowest BCUT2D eigenvalue weighted by Crippen LogP contribution is -2.31. The normalized spacial score (nSPS) is 13.1. The number of benzene rings is 2. The number of ether oxygens (including phenoxy) is 1. The van der Waals surface area contributed by atoms with E-state index in [-0.39, 0.29) is 24.8 Å². The molecule has 0 aliphatic carbocycles. The lowest BCUT2D eigenvalue weighted by atomic mass is 10.0. The second kappa shape index (κ2) is 9.51. The van der Waals surface area contributed by atoms with Crippen LogP contribution >= 0.6 is 0 Å². The standard InChI is InChI=1S/C24H24N4O3/c1-18-7-9-20(10-8-18)24(19-5-3-2-4-6-19)31-16-21(29)15-28-23(30)12-11-22(26-28)27-14-13-25-17-27/h2-14,17,21,24,29H,15-16H2,1H3/t21-,24+/m0/s1. The Labute approximate surface area is 180 Å². The van der Waals surface area contributed by atoms with E-state index in [1.807, 2.05) is 61.5 Å². The van der Waals surface area contributed by atoms with Gasteiger partial charge in [0, 0.05) is 18.5 Å². The fourth-order valence-corrected chi connectivity index (χ4v) is 3.31. The van der Waals surface area contributed by atoms with Crippen LogP contribution in [0.15, 0.2) is 90.2 Å². The van der Waals surface area contributed by atoms with Gasteiger partial charge in [-0.2, -0.15) is 5.10 Å². The number of aliphatic hydroxyl groups excluding tert-OH is 1. The third-order valence-electron chi connectivity index (χ3n) is 4.94. The third-order valence-corrected chi connectivity index (χ3v) is 4.94. The first-order valence-corrected chi connectivity index (χ1v) is 10.1. The van der Waals surface area contributed by atoms with Crippen LogP contribution < -0.4 is 5.56 Å². The highest BCUT2D eigenvalue weighted by Crippen LogP contribution is 2.26. The van der Waals surface area contributed by atoms with Crippen LogP contribution in [0.2, 0.25) is 0 Å². The number of aliphatic hydroxyl groups is 1. The Morgan fingerprint density at radius 3 is 2.45 bits per heavy atom. The highest BCUT2D eigenvalue weighted by Gasteiger charge is 2.17. The molecule has 2 aromatic heterocycles. The van der Waals surface area contributed by atoms with Crippen molar-refractivity contribution >= 4 is 0 Å². The lowest BCUT2D eigenvalue weighted by Gasteiger charge is -2.21. The predicted molar refractivity (Wildman–Crippen MR) is 117 cm³/mol. The molecule has 0 saturated carbocycles. The third kappa shape index (κ3) is 5.14. The molecule has 0 bridgehead atoms. The first-order chi connectivity index (χ1) is 15.1. The number of aryl methyl sites for hydroxylation is 1. The van der Waals surface area contributed by atoms with Gasteiger partial charge in [-0.1, -0.05) is 60.2 Å². The molecule has 0 unspecified atom stereocenters. The van der Waals surface area contributed by atoms with Gasteiger partial charge in [0.2, 0.25) is 0 Å². The fraction of sp³-hybridized carbons (Fsp3) is 0.208. The summed E-state index contributed by atoms with van der Waals surface area (Å²) in [6.45, 7) is 2.11. The predicted octanol–water partition coefficient (Wildman–Crippen LogP) is 2.90. The van der Waals surface area contributed by atoms with E-state index in [1.165, 1.54) is 16.3 Å². The largest absolute Gasteiger partial charge is 0.389 e. The fourth-order valence-electron chi connectivity index (χ4n) is 3.31. The van der Waals surface area contributed by atoms with Crippen molar-refractivity contribution in [1.29, 1.82) is 0 Å². The molecule has 0 fully saturated rings. The quantitative estimate of drug-likeness (QED) is 0.478. The van der Waals surface area contributed by atoms with Crippen molar-refractivity contribution in [3.63, 3.8) is 0 Å². The van der Waals surface area contributed by atoms with Gasteiger partial charge in [0.15, 0.2) is 5.82 Å². The summed E-state index contributed by atoms with van der Waals surface area (Å²) in [5.41, 5.74) is 2.87. The molecule has 0 amide bonds. The Balaban J connectivity index is 1.48. The second-order valence-corrected chi connectivity index (χ2v) is 7.37. The minimum Gasteiger partial charge on any atom is -0.389 e. The first kappa shape index (κ1) is 20.7. The van der Waals surface area contributed by atoms with Gasteiger partial charge in [0.05, 0.1) is 19.3 Å². The second-order valence-electron chi connectivity index (χ2n) is 7.37. The number of rotatable bonds is 8. The molecule has 2 heterocycles. The highest BCUT2D eigenvalue weighted by atomic mass is 16.5. The van der Waals surface area contributed by atoms with E-state index >= 15 is 0 Å². The van der Waals surface area contributed by atoms with Gasteiger partial charge in [-0.15, -0.1) is 0 Å². The number of nitrogens with zero attached hydrogens (tertiary/aromatic N) is 4. The van der Waals surface area contributed by atoms with Crippen molar-refractivity contribution in [1.82, 2.24) is 19.3 Å². The van der Waals surface area contributed by atoms with Crippen LogP contribution in [-0.4, -0.2) is 37.1 Å². The van der Waals surface area contributed by atoms with E-state index < -0.39 is 6.10 Å². The van der Waals surface area contributed by atoms with Gasteiger partial charge in [0.1, 0.15) is 12.4 Å². The molecule has 0 saturated heterocycles. The van der Waals surface area contributed by atoms with Crippen LogP contribution in [0.3, 0.4) is 0 Å². The Kier molecular flexibility index (Phi) is 6.35. The first-order valence-electron chi connectivity index (χ1n) is 10.1. The highest BCUT2D eigenvalue weighted by molar-refractivity contribution is 5.31. The summed E-state index contributed by atoms with van der Waals surface area (Å²) in [5.74, 6) is 0.548. The van der Waals surface area contributed by atoms with Crippen molar-refractivity contribution < 1.29 is 9.84 Å². The van der Waals surface area contributed by atoms with Crippen LogP contribution in [0.25, 0.3) is 5.82 Å². The molecule has 4 rings (SSSR count). The molecule has 2 atom stereocenters. The monoisotopic (exact) mass is 416 g/mol. The van der Waals surface area contributed by atoms with Crippen molar-refractivity contribution in [2.75, 3.05) is 6.61 Å².